The third kappa shape index (κ3) is 8.78. The van der Waals surface area contributed by atoms with Gasteiger partial charge in [-0.05, 0) is 36.1 Å². The molecule has 0 spiro atoms. The van der Waals surface area contributed by atoms with Crippen molar-refractivity contribution < 1.29 is 18.7 Å². The van der Waals surface area contributed by atoms with E-state index in [1.807, 2.05) is 36.4 Å². The topological polar surface area (TPSA) is 61.3 Å². The van der Waals surface area contributed by atoms with Crippen molar-refractivity contribution in [1.82, 2.24) is 9.97 Å². The largest absolute Gasteiger partial charge is 0.490 e. The molecule has 0 aliphatic rings. The lowest BCUT2D eigenvalue weighted by Crippen LogP contribution is -2.14. The first-order valence-electron chi connectivity index (χ1n) is 12.6. The molecule has 0 saturated carbocycles. The number of rotatable bonds is 14. The van der Waals surface area contributed by atoms with Gasteiger partial charge in [0.05, 0.1) is 25.4 Å². The van der Waals surface area contributed by atoms with Gasteiger partial charge in [-0.3, -0.25) is 4.79 Å². The van der Waals surface area contributed by atoms with Crippen LogP contribution in [0.15, 0.2) is 60.9 Å². The van der Waals surface area contributed by atoms with Crippen LogP contribution in [-0.4, -0.2) is 28.7 Å². The van der Waals surface area contributed by atoms with Crippen molar-refractivity contribution in [2.75, 3.05) is 6.61 Å². The highest BCUT2D eigenvalue weighted by atomic mass is 19.1. The van der Waals surface area contributed by atoms with Crippen LogP contribution in [-0.2, 0) is 4.79 Å². The predicted molar refractivity (Wildman–Crippen MR) is 137 cm³/mol. The number of hydrogen-bond donors (Lipinski definition) is 0. The van der Waals surface area contributed by atoms with Crippen LogP contribution in [0.25, 0.3) is 22.5 Å². The van der Waals surface area contributed by atoms with Gasteiger partial charge in [-0.15, -0.1) is 0 Å². The smallest absolute Gasteiger partial charge is 0.314 e. The molecule has 0 N–H and O–H groups in total. The number of carbonyl (C=O) groups excluding carboxylic acids is 1. The lowest BCUT2D eigenvalue weighted by Gasteiger charge is -2.08. The molecular weight excluding hydrogens is 443 g/mol. The summed E-state index contributed by atoms with van der Waals surface area (Å²) >= 11 is 0. The van der Waals surface area contributed by atoms with Gasteiger partial charge in [-0.25, -0.2) is 14.4 Å². The van der Waals surface area contributed by atoms with E-state index in [0.717, 1.165) is 23.1 Å². The molecule has 5 nitrogen and oxygen atoms in total. The average Bonchev–Trinajstić information content (AvgIpc) is 2.89. The standard InChI is InChI=1S/C29H35FN2O3/c1-3-5-6-7-8-9-18-34-27-20-31-29(32-21-27)24-12-10-22(11-13-24)23-14-16-26(17-15-23)35-28(33)19-25(30)4-2/h10-17,20-21,25H,3-9,18-19H2,1-2H3/t25-/m0/s1. The second-order valence-electron chi connectivity index (χ2n) is 8.64. The van der Waals surface area contributed by atoms with Crippen molar-refractivity contribution in [3.05, 3.63) is 60.9 Å². The molecule has 0 bridgehead atoms. The maximum atomic E-state index is 13.3. The third-order valence-electron chi connectivity index (χ3n) is 5.79. The molecule has 0 radical (unpaired) electrons. The number of carbonyl (C=O) groups is 1. The maximum Gasteiger partial charge on any atom is 0.314 e. The first kappa shape index (κ1) is 26.3. The van der Waals surface area contributed by atoms with E-state index in [4.69, 9.17) is 9.47 Å². The Hall–Kier alpha value is -3.28. The van der Waals surface area contributed by atoms with Gasteiger partial charge in [0.15, 0.2) is 11.6 Å². The zero-order valence-electron chi connectivity index (χ0n) is 20.7. The Balaban J connectivity index is 1.50. The highest BCUT2D eigenvalue weighted by Crippen LogP contribution is 2.26. The molecule has 0 unspecified atom stereocenters. The van der Waals surface area contributed by atoms with E-state index in [0.29, 0.717) is 30.4 Å². The van der Waals surface area contributed by atoms with E-state index < -0.39 is 12.1 Å². The molecule has 1 aromatic heterocycles. The van der Waals surface area contributed by atoms with Gasteiger partial charge < -0.3 is 9.47 Å². The highest BCUT2D eigenvalue weighted by molar-refractivity contribution is 5.73. The van der Waals surface area contributed by atoms with Crippen LogP contribution in [0, 0.1) is 0 Å². The van der Waals surface area contributed by atoms with E-state index in [-0.39, 0.29) is 6.42 Å². The van der Waals surface area contributed by atoms with E-state index in [1.165, 1.54) is 32.1 Å². The molecule has 0 amide bonds. The van der Waals surface area contributed by atoms with Gasteiger partial charge in [-0.1, -0.05) is 82.3 Å². The predicted octanol–water partition coefficient (Wildman–Crippen LogP) is 7.59. The first-order chi connectivity index (χ1) is 17.1. The number of hydrogen-bond acceptors (Lipinski definition) is 5. The van der Waals surface area contributed by atoms with E-state index in [9.17, 15) is 9.18 Å². The Morgan fingerprint density at radius 2 is 1.37 bits per heavy atom. The van der Waals surface area contributed by atoms with E-state index >= 15 is 0 Å². The summed E-state index contributed by atoms with van der Waals surface area (Å²) in [5, 5.41) is 0. The zero-order valence-corrected chi connectivity index (χ0v) is 20.7. The van der Waals surface area contributed by atoms with E-state index in [1.54, 1.807) is 31.5 Å². The van der Waals surface area contributed by atoms with Crippen LogP contribution >= 0.6 is 0 Å². The zero-order chi connectivity index (χ0) is 24.9. The summed E-state index contributed by atoms with van der Waals surface area (Å²) in [6, 6.07) is 15.1. The molecule has 1 atom stereocenters. The van der Waals surface area contributed by atoms with Gasteiger partial charge in [0.1, 0.15) is 11.9 Å². The van der Waals surface area contributed by atoms with Crippen molar-refractivity contribution in [1.29, 1.82) is 0 Å². The summed E-state index contributed by atoms with van der Waals surface area (Å²) in [7, 11) is 0. The van der Waals surface area contributed by atoms with Gasteiger partial charge in [0.2, 0.25) is 0 Å². The van der Waals surface area contributed by atoms with E-state index in [2.05, 4.69) is 16.9 Å². The average molecular weight is 479 g/mol. The summed E-state index contributed by atoms with van der Waals surface area (Å²) in [5.74, 6) is 1.18. The Morgan fingerprint density at radius 3 is 2.00 bits per heavy atom. The number of halogens is 1. The molecule has 3 rings (SSSR count). The molecule has 35 heavy (non-hydrogen) atoms. The second-order valence-corrected chi connectivity index (χ2v) is 8.64. The summed E-state index contributed by atoms with van der Waals surface area (Å²) in [5.41, 5.74) is 2.91. The minimum absolute atomic E-state index is 0.228. The van der Waals surface area contributed by atoms with Crippen molar-refractivity contribution >= 4 is 5.97 Å². The maximum absolute atomic E-state index is 13.3. The Kier molecular flexibility index (Phi) is 10.7. The molecule has 3 aromatic rings. The fourth-order valence-corrected chi connectivity index (χ4v) is 3.64. The molecule has 6 heteroatoms. The van der Waals surface area contributed by atoms with Crippen molar-refractivity contribution in [3.8, 4) is 34.0 Å². The number of alkyl halides is 1. The first-order valence-corrected chi connectivity index (χ1v) is 12.6. The molecular formula is C29H35FN2O3. The number of unbranched alkanes of at least 4 members (excludes halogenated alkanes) is 5. The van der Waals surface area contributed by atoms with Crippen molar-refractivity contribution in [2.24, 2.45) is 0 Å². The number of nitrogens with zero attached hydrogens (tertiary/aromatic N) is 2. The van der Waals surface area contributed by atoms with Crippen LogP contribution in [0.5, 0.6) is 11.5 Å². The van der Waals surface area contributed by atoms with Crippen LogP contribution in [0.1, 0.15) is 65.2 Å². The highest BCUT2D eigenvalue weighted by Gasteiger charge is 2.12. The van der Waals surface area contributed by atoms with Gasteiger partial charge in [-0.2, -0.15) is 0 Å². The number of esters is 1. The Labute approximate surface area is 207 Å². The molecule has 1 heterocycles. The monoisotopic (exact) mass is 478 g/mol. The minimum Gasteiger partial charge on any atom is -0.490 e. The number of aromatic nitrogens is 2. The molecule has 0 aliphatic heterocycles. The molecule has 0 aliphatic carbocycles. The van der Waals surface area contributed by atoms with Crippen molar-refractivity contribution in [2.45, 2.75) is 71.4 Å². The van der Waals surface area contributed by atoms with Crippen LogP contribution < -0.4 is 9.47 Å². The fourth-order valence-electron chi connectivity index (χ4n) is 3.64. The van der Waals surface area contributed by atoms with Crippen LogP contribution in [0.3, 0.4) is 0 Å². The normalized spacial score (nSPS) is 11.7. The number of ether oxygens (including phenoxy) is 2. The molecule has 2 aromatic carbocycles. The fraction of sp³-hybridized carbons (Fsp3) is 0.414. The summed E-state index contributed by atoms with van der Waals surface area (Å²) < 4.78 is 24.3. The lowest BCUT2D eigenvalue weighted by atomic mass is 10.0. The molecule has 0 fully saturated rings. The van der Waals surface area contributed by atoms with Crippen LogP contribution in [0.4, 0.5) is 4.39 Å². The molecule has 186 valence electrons. The van der Waals surface area contributed by atoms with Crippen LogP contribution in [0.2, 0.25) is 0 Å². The molecule has 0 saturated heterocycles. The second kappa shape index (κ2) is 14.2. The summed E-state index contributed by atoms with van der Waals surface area (Å²) in [6.07, 6.45) is 9.72. The number of benzene rings is 2. The SMILES string of the molecule is CCCCCCCCOc1cnc(-c2ccc(-c3ccc(OC(=O)C[C@@H](F)CC)cc3)cc2)nc1. The third-order valence-corrected chi connectivity index (χ3v) is 5.79. The Morgan fingerprint density at radius 1 is 0.800 bits per heavy atom. The Bertz CT molecular complexity index is 1020. The van der Waals surface area contributed by atoms with Crippen molar-refractivity contribution in [3.63, 3.8) is 0 Å². The summed E-state index contributed by atoms with van der Waals surface area (Å²) in [6.45, 7) is 4.62. The lowest BCUT2D eigenvalue weighted by molar-refractivity contribution is -0.135. The van der Waals surface area contributed by atoms with Gasteiger partial charge in [0.25, 0.3) is 0 Å². The minimum atomic E-state index is -1.17. The quantitative estimate of drug-likeness (QED) is 0.136. The summed E-state index contributed by atoms with van der Waals surface area (Å²) in [4.78, 5) is 20.6. The van der Waals surface area contributed by atoms with Gasteiger partial charge in [0, 0.05) is 5.56 Å². The van der Waals surface area contributed by atoms with Gasteiger partial charge >= 0.3 is 5.97 Å².